The minimum Gasteiger partial charge on any atom is -0.159 e. The Kier molecular flexibility index (Phi) is 6.99. The summed E-state index contributed by atoms with van der Waals surface area (Å²) in [5.74, 6) is 1.40. The first-order valence-corrected chi connectivity index (χ1v) is 5.46. The van der Waals surface area contributed by atoms with Gasteiger partial charge in [0.1, 0.15) is 0 Å². The fourth-order valence-corrected chi connectivity index (χ4v) is 1.01. The molecule has 2 nitrogen and oxygen atoms in total. The molecule has 0 aromatic carbocycles. The molecule has 0 N–H and O–H groups in total. The molecule has 0 aliphatic carbocycles. The third-order valence-electron chi connectivity index (χ3n) is 2.30. The Hall–Kier alpha value is -0.920. The maximum Gasteiger partial charge on any atom is 0.0633 e. The van der Waals surface area contributed by atoms with Gasteiger partial charge in [0.25, 0.3) is 0 Å². The van der Waals surface area contributed by atoms with Crippen molar-refractivity contribution in [2.45, 2.75) is 41.0 Å². The Bertz CT molecular complexity index is 219. The molecule has 1 aromatic heterocycles. The number of hydrogen-bond donors (Lipinski definition) is 0. The van der Waals surface area contributed by atoms with Crippen LogP contribution in [0.1, 0.15) is 40.3 Å². The highest BCUT2D eigenvalue weighted by molar-refractivity contribution is 4.99. The Balaban J connectivity index is 0.000000791. The van der Waals surface area contributed by atoms with E-state index in [4.69, 9.17) is 0 Å². The number of nitrogens with zero attached hydrogens (tertiary/aromatic N) is 2. The van der Waals surface area contributed by atoms with Gasteiger partial charge in [-0.05, 0) is 30.4 Å². The summed E-state index contributed by atoms with van der Waals surface area (Å²) in [7, 11) is 0. The van der Waals surface area contributed by atoms with Crippen LogP contribution in [0, 0.1) is 11.8 Å². The molecular weight excluding hydrogens is 172 g/mol. The van der Waals surface area contributed by atoms with E-state index in [0.29, 0.717) is 11.8 Å². The standard InChI is InChI=1S/C10H16N2.C2H6/c1-8(2)9(3)7-10-5-4-6-11-12-10;1-2/h4-6,8-9H,7H2,1-3H3;1-2H3. The van der Waals surface area contributed by atoms with E-state index in [-0.39, 0.29) is 0 Å². The summed E-state index contributed by atoms with van der Waals surface area (Å²) in [5.41, 5.74) is 1.10. The number of hydrogen-bond acceptors (Lipinski definition) is 2. The van der Waals surface area contributed by atoms with Gasteiger partial charge in [-0.1, -0.05) is 34.6 Å². The molecule has 1 rings (SSSR count). The van der Waals surface area contributed by atoms with Gasteiger partial charge in [-0.15, -0.1) is 0 Å². The molecule has 80 valence electrons. The molecule has 0 aliphatic rings. The van der Waals surface area contributed by atoms with Crippen molar-refractivity contribution in [3.8, 4) is 0 Å². The highest BCUT2D eigenvalue weighted by atomic mass is 15.1. The van der Waals surface area contributed by atoms with E-state index < -0.39 is 0 Å². The molecule has 2 heteroatoms. The lowest BCUT2D eigenvalue weighted by molar-refractivity contribution is 0.412. The Morgan fingerprint density at radius 1 is 1.21 bits per heavy atom. The zero-order valence-corrected chi connectivity index (χ0v) is 9.99. The predicted molar refractivity (Wildman–Crippen MR) is 61.1 cm³/mol. The van der Waals surface area contributed by atoms with E-state index in [1.807, 2.05) is 26.0 Å². The molecule has 0 saturated heterocycles. The second kappa shape index (κ2) is 7.48. The molecule has 0 spiro atoms. The van der Waals surface area contributed by atoms with Crippen LogP contribution >= 0.6 is 0 Å². The number of aromatic nitrogens is 2. The molecule has 0 saturated carbocycles. The van der Waals surface area contributed by atoms with Gasteiger partial charge in [-0.2, -0.15) is 10.2 Å². The second-order valence-electron chi connectivity index (χ2n) is 3.64. The van der Waals surface area contributed by atoms with E-state index in [1.165, 1.54) is 0 Å². The highest BCUT2D eigenvalue weighted by Gasteiger charge is 2.08. The van der Waals surface area contributed by atoms with Crippen molar-refractivity contribution in [3.05, 3.63) is 24.0 Å². The van der Waals surface area contributed by atoms with Crippen molar-refractivity contribution in [2.75, 3.05) is 0 Å². The van der Waals surface area contributed by atoms with Crippen LogP contribution in [-0.2, 0) is 6.42 Å². The van der Waals surface area contributed by atoms with Crippen LogP contribution in [0.5, 0.6) is 0 Å². The van der Waals surface area contributed by atoms with Crippen LogP contribution in [0.25, 0.3) is 0 Å². The second-order valence-corrected chi connectivity index (χ2v) is 3.64. The van der Waals surface area contributed by atoms with Crippen LogP contribution in [-0.4, -0.2) is 10.2 Å². The first kappa shape index (κ1) is 13.1. The quantitative estimate of drug-likeness (QED) is 0.737. The van der Waals surface area contributed by atoms with Gasteiger partial charge in [0.05, 0.1) is 5.69 Å². The molecule has 1 unspecified atom stereocenters. The fraction of sp³-hybridized carbons (Fsp3) is 0.667. The van der Waals surface area contributed by atoms with Crippen molar-refractivity contribution in [2.24, 2.45) is 11.8 Å². The molecule has 14 heavy (non-hydrogen) atoms. The van der Waals surface area contributed by atoms with Crippen LogP contribution in [0.4, 0.5) is 0 Å². The molecule has 0 fully saturated rings. The first-order valence-electron chi connectivity index (χ1n) is 5.46. The van der Waals surface area contributed by atoms with Crippen molar-refractivity contribution < 1.29 is 0 Å². The van der Waals surface area contributed by atoms with E-state index in [9.17, 15) is 0 Å². The topological polar surface area (TPSA) is 25.8 Å². The lowest BCUT2D eigenvalue weighted by atomic mass is 9.93. The SMILES string of the molecule is CC.CC(C)C(C)Cc1cccnn1. The van der Waals surface area contributed by atoms with Gasteiger partial charge in [0.2, 0.25) is 0 Å². The monoisotopic (exact) mass is 194 g/mol. The van der Waals surface area contributed by atoms with Crippen molar-refractivity contribution in [1.29, 1.82) is 0 Å². The van der Waals surface area contributed by atoms with Crippen LogP contribution in [0.15, 0.2) is 18.3 Å². The van der Waals surface area contributed by atoms with Gasteiger partial charge in [-0.25, -0.2) is 0 Å². The zero-order valence-electron chi connectivity index (χ0n) is 9.99. The average Bonchev–Trinajstić information content (AvgIpc) is 2.22. The van der Waals surface area contributed by atoms with Gasteiger partial charge >= 0.3 is 0 Å². The molecule has 0 radical (unpaired) electrons. The molecule has 1 heterocycles. The predicted octanol–water partition coefficient (Wildman–Crippen LogP) is 3.34. The Morgan fingerprint density at radius 2 is 1.86 bits per heavy atom. The number of rotatable bonds is 3. The van der Waals surface area contributed by atoms with Gasteiger partial charge < -0.3 is 0 Å². The Labute approximate surface area is 87.8 Å². The minimum atomic E-state index is 0.682. The molecular formula is C12H22N2. The maximum atomic E-state index is 4.05. The summed E-state index contributed by atoms with van der Waals surface area (Å²) in [6.07, 6.45) is 2.75. The summed E-state index contributed by atoms with van der Waals surface area (Å²) in [6.45, 7) is 10.7. The van der Waals surface area contributed by atoms with Crippen molar-refractivity contribution >= 4 is 0 Å². The van der Waals surface area contributed by atoms with E-state index in [2.05, 4.69) is 31.0 Å². The fourth-order valence-electron chi connectivity index (χ4n) is 1.01. The van der Waals surface area contributed by atoms with Crippen molar-refractivity contribution in [1.82, 2.24) is 10.2 Å². The minimum absolute atomic E-state index is 0.682. The van der Waals surface area contributed by atoms with Crippen LogP contribution < -0.4 is 0 Å². The van der Waals surface area contributed by atoms with E-state index >= 15 is 0 Å². The molecule has 0 amide bonds. The summed E-state index contributed by atoms with van der Waals surface area (Å²) in [4.78, 5) is 0. The van der Waals surface area contributed by atoms with Crippen LogP contribution in [0.2, 0.25) is 0 Å². The lowest BCUT2D eigenvalue weighted by Gasteiger charge is -2.13. The third-order valence-corrected chi connectivity index (χ3v) is 2.30. The normalized spacial score (nSPS) is 11.9. The molecule has 1 aromatic rings. The van der Waals surface area contributed by atoms with Crippen LogP contribution in [0.3, 0.4) is 0 Å². The average molecular weight is 194 g/mol. The van der Waals surface area contributed by atoms with Gasteiger partial charge in [-0.3, -0.25) is 0 Å². The molecule has 1 atom stereocenters. The van der Waals surface area contributed by atoms with E-state index in [1.54, 1.807) is 6.20 Å². The lowest BCUT2D eigenvalue weighted by Crippen LogP contribution is -2.08. The molecule has 0 aliphatic heterocycles. The zero-order chi connectivity index (χ0) is 11.0. The summed E-state index contributed by atoms with van der Waals surface area (Å²) >= 11 is 0. The van der Waals surface area contributed by atoms with Crippen molar-refractivity contribution in [3.63, 3.8) is 0 Å². The maximum absolute atomic E-state index is 4.05. The summed E-state index contributed by atoms with van der Waals surface area (Å²) < 4.78 is 0. The highest BCUT2D eigenvalue weighted by Crippen LogP contribution is 2.14. The van der Waals surface area contributed by atoms with E-state index in [0.717, 1.165) is 12.1 Å². The first-order chi connectivity index (χ1) is 6.70. The largest absolute Gasteiger partial charge is 0.159 e. The third kappa shape index (κ3) is 4.95. The van der Waals surface area contributed by atoms with Gasteiger partial charge in [0, 0.05) is 6.20 Å². The Morgan fingerprint density at radius 3 is 2.29 bits per heavy atom. The summed E-state index contributed by atoms with van der Waals surface area (Å²) in [5, 5.41) is 7.90. The summed E-state index contributed by atoms with van der Waals surface area (Å²) in [6, 6.07) is 3.97. The molecule has 0 bridgehead atoms. The smallest absolute Gasteiger partial charge is 0.0633 e. The van der Waals surface area contributed by atoms with Gasteiger partial charge in [0.15, 0.2) is 0 Å².